The van der Waals surface area contributed by atoms with Crippen molar-refractivity contribution < 1.29 is 9.59 Å². The highest BCUT2D eigenvalue weighted by Gasteiger charge is 2.32. The fraction of sp³-hybridized carbons (Fsp3) is 0.778. The molecule has 0 unspecified atom stereocenters. The van der Waals surface area contributed by atoms with Gasteiger partial charge in [0.1, 0.15) is 0 Å². The first kappa shape index (κ1) is 10.5. The van der Waals surface area contributed by atoms with E-state index in [0.717, 1.165) is 19.4 Å². The summed E-state index contributed by atoms with van der Waals surface area (Å²) in [5.41, 5.74) is 0. The van der Waals surface area contributed by atoms with Gasteiger partial charge in [0.05, 0.1) is 5.92 Å². The van der Waals surface area contributed by atoms with Gasteiger partial charge in [0, 0.05) is 19.5 Å². The quantitative estimate of drug-likeness (QED) is 0.648. The van der Waals surface area contributed by atoms with E-state index in [0.29, 0.717) is 13.0 Å². The summed E-state index contributed by atoms with van der Waals surface area (Å²) in [5.74, 6) is -0.210. The van der Waals surface area contributed by atoms with Gasteiger partial charge in [0.2, 0.25) is 11.1 Å². The van der Waals surface area contributed by atoms with Gasteiger partial charge in [-0.15, -0.1) is 0 Å². The molecule has 1 rings (SSSR count). The van der Waals surface area contributed by atoms with Gasteiger partial charge in [0.15, 0.2) is 0 Å². The lowest BCUT2D eigenvalue weighted by Crippen LogP contribution is -2.26. The van der Waals surface area contributed by atoms with Crippen molar-refractivity contribution in [2.75, 3.05) is 13.1 Å². The van der Waals surface area contributed by atoms with Crippen LogP contribution in [0.4, 0.5) is 0 Å². The van der Waals surface area contributed by atoms with Crippen LogP contribution in [0, 0.1) is 5.92 Å². The predicted octanol–water partition coefficient (Wildman–Crippen LogP) is 1.40. The molecule has 1 atom stereocenters. The van der Waals surface area contributed by atoms with Crippen LogP contribution >= 0.6 is 11.6 Å². The monoisotopic (exact) mass is 203 g/mol. The van der Waals surface area contributed by atoms with E-state index in [1.165, 1.54) is 0 Å². The number of amides is 1. The number of nitrogens with zero attached hydrogens (tertiary/aromatic N) is 1. The minimum Gasteiger partial charge on any atom is -0.342 e. The Morgan fingerprint density at radius 3 is 2.85 bits per heavy atom. The zero-order valence-electron chi connectivity index (χ0n) is 7.75. The van der Waals surface area contributed by atoms with Gasteiger partial charge >= 0.3 is 0 Å². The molecule has 0 aliphatic carbocycles. The van der Waals surface area contributed by atoms with Crippen LogP contribution in [0.1, 0.15) is 26.2 Å². The number of halogens is 1. The summed E-state index contributed by atoms with van der Waals surface area (Å²) >= 11 is 5.33. The Morgan fingerprint density at radius 1 is 1.69 bits per heavy atom. The van der Waals surface area contributed by atoms with Crippen molar-refractivity contribution in [3.63, 3.8) is 0 Å². The first-order valence-corrected chi connectivity index (χ1v) is 5.00. The molecule has 1 saturated heterocycles. The third kappa shape index (κ3) is 2.69. The minimum absolute atomic E-state index is 0.0625. The van der Waals surface area contributed by atoms with E-state index < -0.39 is 0 Å². The number of hydrogen-bond acceptors (Lipinski definition) is 2. The van der Waals surface area contributed by atoms with Crippen LogP contribution in [-0.2, 0) is 9.59 Å². The number of carbonyl (C=O) groups excluding carboxylic acids is 2. The highest BCUT2D eigenvalue weighted by molar-refractivity contribution is 6.64. The largest absolute Gasteiger partial charge is 0.342 e. The summed E-state index contributed by atoms with van der Waals surface area (Å²) in [6.07, 6.45) is 2.35. The van der Waals surface area contributed by atoms with Crippen LogP contribution in [-0.4, -0.2) is 29.1 Å². The van der Waals surface area contributed by atoms with Crippen molar-refractivity contribution in [2.24, 2.45) is 5.92 Å². The van der Waals surface area contributed by atoms with E-state index in [1.54, 1.807) is 4.90 Å². The van der Waals surface area contributed by atoms with Crippen LogP contribution in [0.2, 0.25) is 0 Å². The number of hydrogen-bond donors (Lipinski definition) is 0. The Balaban J connectivity index is 2.42. The van der Waals surface area contributed by atoms with Crippen LogP contribution < -0.4 is 0 Å². The zero-order valence-corrected chi connectivity index (χ0v) is 8.51. The van der Waals surface area contributed by atoms with Gasteiger partial charge < -0.3 is 4.90 Å². The lowest BCUT2D eigenvalue weighted by atomic mass is 10.1. The molecule has 1 fully saturated rings. The Bertz CT molecular complexity index is 218. The molecule has 0 spiro atoms. The van der Waals surface area contributed by atoms with E-state index in [-0.39, 0.29) is 17.1 Å². The summed E-state index contributed by atoms with van der Waals surface area (Å²) in [6, 6.07) is 0. The molecular weight excluding hydrogens is 190 g/mol. The molecule has 0 bridgehead atoms. The molecule has 1 aliphatic heterocycles. The van der Waals surface area contributed by atoms with E-state index in [4.69, 9.17) is 11.6 Å². The Hall–Kier alpha value is -0.570. The maximum Gasteiger partial charge on any atom is 0.227 e. The van der Waals surface area contributed by atoms with Crippen molar-refractivity contribution in [1.29, 1.82) is 0 Å². The molecule has 1 amide bonds. The van der Waals surface area contributed by atoms with Crippen LogP contribution in [0.15, 0.2) is 0 Å². The molecule has 0 aromatic carbocycles. The van der Waals surface area contributed by atoms with Crippen molar-refractivity contribution in [3.05, 3.63) is 0 Å². The maximum atomic E-state index is 11.3. The Morgan fingerprint density at radius 2 is 2.38 bits per heavy atom. The summed E-state index contributed by atoms with van der Waals surface area (Å²) in [6.45, 7) is 3.35. The fourth-order valence-corrected chi connectivity index (χ4v) is 1.64. The summed E-state index contributed by atoms with van der Waals surface area (Å²) in [7, 11) is 0. The van der Waals surface area contributed by atoms with Crippen LogP contribution in [0.5, 0.6) is 0 Å². The standard InChI is InChI=1S/C9H14ClNO2/c1-2-3-4-11-6-7(9(10)13)5-8(11)12/h7H,2-6H2,1H3/t7-/m1/s1. The van der Waals surface area contributed by atoms with Gasteiger partial charge in [-0.1, -0.05) is 13.3 Å². The molecule has 3 nitrogen and oxygen atoms in total. The van der Waals surface area contributed by atoms with Gasteiger partial charge in [-0.3, -0.25) is 9.59 Å². The van der Waals surface area contributed by atoms with Crippen LogP contribution in [0.3, 0.4) is 0 Å². The second-order valence-electron chi connectivity index (χ2n) is 3.40. The van der Waals surface area contributed by atoms with Crippen molar-refractivity contribution in [3.8, 4) is 0 Å². The molecule has 0 saturated carbocycles. The second kappa shape index (κ2) is 4.61. The highest BCUT2D eigenvalue weighted by Crippen LogP contribution is 2.20. The Kier molecular flexibility index (Phi) is 3.72. The molecular formula is C9H14ClNO2. The average Bonchev–Trinajstić information content (AvgIpc) is 2.44. The number of likely N-dealkylation sites (tertiary alicyclic amines) is 1. The van der Waals surface area contributed by atoms with Crippen molar-refractivity contribution >= 4 is 22.8 Å². The molecule has 13 heavy (non-hydrogen) atoms. The molecule has 0 radical (unpaired) electrons. The lowest BCUT2D eigenvalue weighted by Gasteiger charge is -2.14. The lowest BCUT2D eigenvalue weighted by molar-refractivity contribution is -0.128. The fourth-order valence-electron chi connectivity index (χ4n) is 1.49. The number of carbonyl (C=O) groups is 2. The summed E-state index contributed by atoms with van der Waals surface area (Å²) in [5, 5.41) is -0.382. The molecule has 0 N–H and O–H groups in total. The highest BCUT2D eigenvalue weighted by atomic mass is 35.5. The molecule has 74 valence electrons. The predicted molar refractivity (Wildman–Crippen MR) is 50.5 cm³/mol. The SMILES string of the molecule is CCCCN1C[C@H](C(=O)Cl)CC1=O. The normalized spacial score (nSPS) is 22.5. The number of rotatable bonds is 4. The van der Waals surface area contributed by atoms with E-state index in [9.17, 15) is 9.59 Å². The third-order valence-electron chi connectivity index (χ3n) is 2.32. The molecule has 1 heterocycles. The van der Waals surface area contributed by atoms with Crippen molar-refractivity contribution in [1.82, 2.24) is 4.90 Å². The van der Waals surface area contributed by atoms with Crippen molar-refractivity contribution in [2.45, 2.75) is 26.2 Å². The summed E-state index contributed by atoms with van der Waals surface area (Å²) in [4.78, 5) is 23.8. The number of unbranched alkanes of at least 4 members (excludes halogenated alkanes) is 1. The first-order valence-electron chi connectivity index (χ1n) is 4.62. The topological polar surface area (TPSA) is 37.4 Å². The summed E-state index contributed by atoms with van der Waals surface area (Å²) < 4.78 is 0. The zero-order chi connectivity index (χ0) is 9.84. The average molecular weight is 204 g/mol. The maximum absolute atomic E-state index is 11.3. The van der Waals surface area contributed by atoms with E-state index in [2.05, 4.69) is 6.92 Å². The second-order valence-corrected chi connectivity index (χ2v) is 3.77. The third-order valence-corrected chi connectivity index (χ3v) is 2.63. The molecule has 1 aliphatic rings. The molecule has 0 aromatic rings. The van der Waals surface area contributed by atoms with Crippen LogP contribution in [0.25, 0.3) is 0 Å². The smallest absolute Gasteiger partial charge is 0.227 e. The first-order chi connectivity index (χ1) is 6.15. The van der Waals surface area contributed by atoms with Gasteiger partial charge in [-0.25, -0.2) is 0 Å². The molecule has 0 aromatic heterocycles. The van der Waals surface area contributed by atoms with E-state index in [1.807, 2.05) is 0 Å². The minimum atomic E-state index is -0.382. The van der Waals surface area contributed by atoms with E-state index >= 15 is 0 Å². The van der Waals surface area contributed by atoms with Gasteiger partial charge in [-0.05, 0) is 18.0 Å². The van der Waals surface area contributed by atoms with Gasteiger partial charge in [0.25, 0.3) is 0 Å². The molecule has 4 heteroatoms. The Labute approximate surface area is 83.0 Å². The van der Waals surface area contributed by atoms with Gasteiger partial charge in [-0.2, -0.15) is 0 Å².